The predicted molar refractivity (Wildman–Crippen MR) is 95.9 cm³/mol. The zero-order chi connectivity index (χ0) is 16.9. The molecule has 6 heteroatoms. The highest BCUT2D eigenvalue weighted by Gasteiger charge is 2.10. The highest BCUT2D eigenvalue weighted by molar-refractivity contribution is 7.14. The van der Waals surface area contributed by atoms with Gasteiger partial charge in [0.05, 0.1) is 18.9 Å². The van der Waals surface area contributed by atoms with Gasteiger partial charge < -0.3 is 9.47 Å². The summed E-state index contributed by atoms with van der Waals surface area (Å²) in [5.74, 6) is 1.62. The highest BCUT2D eigenvalue weighted by atomic mass is 32.1. The van der Waals surface area contributed by atoms with E-state index in [0.29, 0.717) is 24.3 Å². The van der Waals surface area contributed by atoms with Crippen LogP contribution in [0.4, 0.5) is 5.13 Å². The van der Waals surface area contributed by atoms with Gasteiger partial charge in [-0.2, -0.15) is 0 Å². The number of fused-ring (bicyclic) bond motifs is 1. The summed E-state index contributed by atoms with van der Waals surface area (Å²) in [5, 5.41) is 5.37. The fourth-order valence-electron chi connectivity index (χ4n) is 2.21. The van der Waals surface area contributed by atoms with Gasteiger partial charge in [0.2, 0.25) is 5.91 Å². The van der Waals surface area contributed by atoms with Crippen molar-refractivity contribution >= 4 is 28.5 Å². The van der Waals surface area contributed by atoms with Crippen LogP contribution in [-0.4, -0.2) is 24.1 Å². The van der Waals surface area contributed by atoms with Gasteiger partial charge >= 0.3 is 0 Å². The molecule has 24 heavy (non-hydrogen) atoms. The van der Waals surface area contributed by atoms with E-state index in [4.69, 9.17) is 9.47 Å². The number of amides is 1. The van der Waals surface area contributed by atoms with E-state index in [1.54, 1.807) is 6.08 Å². The van der Waals surface area contributed by atoms with Crippen molar-refractivity contribution in [2.75, 3.05) is 18.5 Å². The van der Waals surface area contributed by atoms with Gasteiger partial charge in [0.1, 0.15) is 0 Å². The zero-order valence-electron chi connectivity index (χ0n) is 13.7. The van der Waals surface area contributed by atoms with E-state index in [9.17, 15) is 4.79 Å². The number of nitrogens with one attached hydrogen (secondary N) is 1. The molecule has 1 amide bonds. The fourth-order valence-corrected chi connectivity index (χ4v) is 3.09. The third-order valence-electron chi connectivity index (χ3n) is 3.54. The first kappa shape index (κ1) is 16.5. The van der Waals surface area contributed by atoms with Gasteiger partial charge in [0.25, 0.3) is 0 Å². The van der Waals surface area contributed by atoms with Crippen molar-refractivity contribution in [2.45, 2.75) is 26.2 Å². The Morgan fingerprint density at radius 1 is 1.29 bits per heavy atom. The summed E-state index contributed by atoms with van der Waals surface area (Å²) in [6.07, 6.45) is 4.12. The van der Waals surface area contributed by atoms with E-state index in [1.807, 2.05) is 23.6 Å². The molecule has 0 radical (unpaired) electrons. The van der Waals surface area contributed by atoms with Crippen LogP contribution in [-0.2, 0) is 4.79 Å². The topological polar surface area (TPSA) is 60.5 Å². The van der Waals surface area contributed by atoms with Crippen molar-refractivity contribution in [3.8, 4) is 11.5 Å². The highest BCUT2D eigenvalue weighted by Crippen LogP contribution is 2.30. The lowest BCUT2D eigenvalue weighted by atomic mass is 10.2. The number of thiazole rings is 1. The quantitative estimate of drug-likeness (QED) is 0.849. The largest absolute Gasteiger partial charge is 0.490 e. The van der Waals surface area contributed by atoms with E-state index >= 15 is 0 Å². The number of nitrogens with zero attached hydrogens (tertiary/aromatic N) is 1. The lowest BCUT2D eigenvalue weighted by Gasteiger charge is -2.07. The Balaban J connectivity index is 1.64. The fraction of sp³-hybridized carbons (Fsp3) is 0.333. The summed E-state index contributed by atoms with van der Waals surface area (Å²) in [5.41, 5.74) is 1.87. The lowest BCUT2D eigenvalue weighted by molar-refractivity contribution is -0.111. The normalized spacial score (nSPS) is 14.0. The molecule has 1 aliphatic rings. The molecule has 1 aromatic carbocycles. The van der Waals surface area contributed by atoms with Gasteiger partial charge in [-0.15, -0.1) is 11.3 Å². The summed E-state index contributed by atoms with van der Waals surface area (Å²) < 4.78 is 11.2. The van der Waals surface area contributed by atoms with Crippen LogP contribution in [0.2, 0.25) is 0 Å². The number of ether oxygens (including phenoxy) is 2. The van der Waals surface area contributed by atoms with E-state index in [2.05, 4.69) is 24.1 Å². The molecule has 3 rings (SSSR count). The summed E-state index contributed by atoms with van der Waals surface area (Å²) in [6.45, 7) is 5.45. The van der Waals surface area contributed by atoms with Gasteiger partial charge in [-0.25, -0.2) is 4.98 Å². The monoisotopic (exact) mass is 344 g/mol. The molecular weight excluding hydrogens is 324 g/mol. The Bertz CT molecular complexity index is 752. The number of benzene rings is 1. The molecule has 1 aromatic heterocycles. The van der Waals surface area contributed by atoms with E-state index in [-0.39, 0.29) is 5.91 Å². The van der Waals surface area contributed by atoms with Crippen LogP contribution in [0, 0.1) is 0 Å². The maximum atomic E-state index is 12.0. The van der Waals surface area contributed by atoms with Crippen molar-refractivity contribution in [1.29, 1.82) is 0 Å². The molecule has 2 heterocycles. The van der Waals surface area contributed by atoms with Gasteiger partial charge in [-0.3, -0.25) is 10.1 Å². The summed E-state index contributed by atoms with van der Waals surface area (Å²) in [7, 11) is 0. The summed E-state index contributed by atoms with van der Waals surface area (Å²) in [4.78, 5) is 16.4. The Kier molecular flexibility index (Phi) is 5.15. The lowest BCUT2D eigenvalue weighted by Crippen LogP contribution is -2.07. The second kappa shape index (κ2) is 7.49. The maximum absolute atomic E-state index is 12.0. The van der Waals surface area contributed by atoms with Crippen molar-refractivity contribution in [3.05, 3.63) is 40.9 Å². The van der Waals surface area contributed by atoms with Crippen molar-refractivity contribution in [1.82, 2.24) is 4.98 Å². The van der Waals surface area contributed by atoms with E-state index < -0.39 is 0 Å². The number of hydrogen-bond acceptors (Lipinski definition) is 5. The molecular formula is C18H20N2O3S. The molecule has 0 unspecified atom stereocenters. The van der Waals surface area contributed by atoms with E-state index in [0.717, 1.165) is 29.2 Å². The van der Waals surface area contributed by atoms with Crippen LogP contribution < -0.4 is 14.8 Å². The van der Waals surface area contributed by atoms with Gasteiger partial charge in [-0.05, 0) is 29.7 Å². The Morgan fingerprint density at radius 2 is 2.08 bits per heavy atom. The van der Waals surface area contributed by atoms with Crippen LogP contribution in [0.3, 0.4) is 0 Å². The summed E-state index contributed by atoms with van der Waals surface area (Å²) in [6, 6.07) is 5.65. The third kappa shape index (κ3) is 4.14. The minimum atomic E-state index is -0.202. The number of aromatic nitrogens is 1. The van der Waals surface area contributed by atoms with Crippen LogP contribution >= 0.6 is 11.3 Å². The number of anilines is 1. The molecule has 0 fully saturated rings. The first-order valence-corrected chi connectivity index (χ1v) is 8.84. The number of carbonyl (C=O) groups excluding carboxylic acids is 1. The number of rotatable bonds is 4. The smallest absolute Gasteiger partial charge is 0.250 e. The third-order valence-corrected chi connectivity index (χ3v) is 4.32. The van der Waals surface area contributed by atoms with Crippen LogP contribution in [0.25, 0.3) is 6.08 Å². The first-order valence-electron chi connectivity index (χ1n) is 7.96. The molecule has 0 saturated carbocycles. The van der Waals surface area contributed by atoms with Crippen molar-refractivity contribution < 1.29 is 14.3 Å². The van der Waals surface area contributed by atoms with Crippen molar-refractivity contribution in [3.63, 3.8) is 0 Å². The summed E-state index contributed by atoms with van der Waals surface area (Å²) >= 11 is 1.44. The standard InChI is InChI=1S/C18H20N2O3S/c1-12(2)14-11-24-18(19-14)20-17(21)7-5-13-4-6-15-16(10-13)23-9-3-8-22-15/h4-7,10-12H,3,8-9H2,1-2H3,(H,19,20,21)/b7-5+. The average molecular weight is 344 g/mol. The Morgan fingerprint density at radius 3 is 2.83 bits per heavy atom. The molecule has 126 valence electrons. The van der Waals surface area contributed by atoms with Crippen LogP contribution in [0.15, 0.2) is 29.7 Å². The molecule has 5 nitrogen and oxygen atoms in total. The second-order valence-corrected chi connectivity index (χ2v) is 6.67. The maximum Gasteiger partial charge on any atom is 0.250 e. The molecule has 0 atom stereocenters. The minimum absolute atomic E-state index is 0.202. The van der Waals surface area contributed by atoms with Crippen molar-refractivity contribution in [2.24, 2.45) is 0 Å². The minimum Gasteiger partial charge on any atom is -0.490 e. The molecule has 1 aliphatic heterocycles. The molecule has 1 N–H and O–H groups in total. The second-order valence-electron chi connectivity index (χ2n) is 5.81. The van der Waals surface area contributed by atoms with Gasteiger partial charge in [0.15, 0.2) is 16.6 Å². The van der Waals surface area contributed by atoms with Crippen LogP contribution in [0.1, 0.15) is 37.4 Å². The molecule has 2 aromatic rings. The SMILES string of the molecule is CC(C)c1csc(NC(=O)/C=C/c2ccc3c(c2)OCCCO3)n1. The Labute approximate surface area is 145 Å². The number of carbonyl (C=O) groups is 1. The Hall–Kier alpha value is -2.34. The zero-order valence-corrected chi connectivity index (χ0v) is 14.6. The molecule has 0 bridgehead atoms. The van der Waals surface area contributed by atoms with Gasteiger partial charge in [0, 0.05) is 17.9 Å². The van der Waals surface area contributed by atoms with E-state index in [1.165, 1.54) is 17.4 Å². The van der Waals surface area contributed by atoms with Gasteiger partial charge in [-0.1, -0.05) is 19.9 Å². The average Bonchev–Trinajstić information content (AvgIpc) is 2.90. The predicted octanol–water partition coefficient (Wildman–Crippen LogP) is 4.08. The molecule has 0 saturated heterocycles. The molecule has 0 aliphatic carbocycles. The van der Waals surface area contributed by atoms with Crippen LogP contribution in [0.5, 0.6) is 11.5 Å². The molecule has 0 spiro atoms. The number of hydrogen-bond donors (Lipinski definition) is 1. The first-order chi connectivity index (χ1) is 11.6.